The van der Waals surface area contributed by atoms with Gasteiger partial charge in [0.15, 0.2) is 0 Å². The minimum absolute atomic E-state index is 0.0158. The molecule has 2 aromatic carbocycles. The van der Waals surface area contributed by atoms with E-state index in [1.807, 2.05) is 30.3 Å². The maximum Gasteiger partial charge on any atom is 0.251 e. The Morgan fingerprint density at radius 2 is 1.65 bits per heavy atom. The topological polar surface area (TPSA) is 58.2 Å². The van der Waals surface area contributed by atoms with Crippen LogP contribution in [0, 0.1) is 11.8 Å². The van der Waals surface area contributed by atoms with E-state index < -0.39 is 0 Å². The molecule has 0 radical (unpaired) electrons. The van der Waals surface area contributed by atoms with Crippen molar-refractivity contribution >= 4 is 17.5 Å². The molecule has 0 heterocycles. The van der Waals surface area contributed by atoms with E-state index in [9.17, 15) is 9.59 Å². The highest BCUT2D eigenvalue weighted by atomic mass is 16.2. The Hall–Kier alpha value is -2.62. The highest BCUT2D eigenvalue weighted by Gasteiger charge is 2.29. The molecule has 0 saturated heterocycles. The van der Waals surface area contributed by atoms with E-state index in [-0.39, 0.29) is 23.8 Å². The van der Waals surface area contributed by atoms with Gasteiger partial charge in [0.05, 0.1) is 6.04 Å². The van der Waals surface area contributed by atoms with Gasteiger partial charge < -0.3 is 10.6 Å². The van der Waals surface area contributed by atoms with Gasteiger partial charge in [-0.15, -0.1) is 0 Å². The number of carbonyl (C=O) groups is 2. The van der Waals surface area contributed by atoms with Crippen LogP contribution in [-0.4, -0.2) is 11.8 Å². The minimum Gasteiger partial charge on any atom is -0.345 e. The number of hydrogen-bond acceptors (Lipinski definition) is 2. The zero-order chi connectivity index (χ0) is 18.5. The molecule has 3 rings (SSSR count). The standard InChI is InChI=1S/C22H26N2O2/c1-15(2)14-20(16-6-4-3-5-7-16)24-22(26)18-10-12-19(13-11-18)23-21(25)17-8-9-17/h3-7,10-13,15,17,20H,8-9,14H2,1-2H3,(H,23,25)(H,24,26). The summed E-state index contributed by atoms with van der Waals surface area (Å²) in [6.07, 6.45) is 2.83. The summed E-state index contributed by atoms with van der Waals surface area (Å²) in [5.41, 5.74) is 2.45. The smallest absolute Gasteiger partial charge is 0.251 e. The summed E-state index contributed by atoms with van der Waals surface area (Å²) in [5, 5.41) is 6.04. The van der Waals surface area contributed by atoms with Crippen LogP contribution in [0.3, 0.4) is 0 Å². The van der Waals surface area contributed by atoms with Gasteiger partial charge in [-0.1, -0.05) is 44.2 Å². The van der Waals surface area contributed by atoms with E-state index in [0.717, 1.165) is 30.5 Å². The van der Waals surface area contributed by atoms with E-state index in [1.165, 1.54) is 0 Å². The fourth-order valence-corrected chi connectivity index (χ4v) is 2.97. The summed E-state index contributed by atoms with van der Waals surface area (Å²) in [6, 6.07) is 17.1. The van der Waals surface area contributed by atoms with Gasteiger partial charge in [0.25, 0.3) is 5.91 Å². The number of carbonyl (C=O) groups excluding carboxylic acids is 2. The molecule has 1 aliphatic rings. The molecule has 26 heavy (non-hydrogen) atoms. The molecule has 1 atom stereocenters. The lowest BCUT2D eigenvalue weighted by atomic mass is 9.96. The lowest BCUT2D eigenvalue weighted by Crippen LogP contribution is -2.29. The molecule has 1 saturated carbocycles. The summed E-state index contributed by atoms with van der Waals surface area (Å²) >= 11 is 0. The molecule has 1 unspecified atom stereocenters. The maximum absolute atomic E-state index is 12.7. The number of anilines is 1. The number of amides is 2. The molecule has 136 valence electrons. The molecule has 0 aromatic heterocycles. The monoisotopic (exact) mass is 350 g/mol. The molecule has 0 bridgehead atoms. The van der Waals surface area contributed by atoms with Crippen LogP contribution in [0.2, 0.25) is 0 Å². The van der Waals surface area contributed by atoms with Crippen molar-refractivity contribution in [3.05, 3.63) is 65.7 Å². The second kappa shape index (κ2) is 8.17. The van der Waals surface area contributed by atoms with Gasteiger partial charge in [0.1, 0.15) is 0 Å². The van der Waals surface area contributed by atoms with Gasteiger partial charge in [-0.2, -0.15) is 0 Å². The third-order valence-electron chi connectivity index (χ3n) is 4.58. The number of rotatable bonds is 7. The van der Waals surface area contributed by atoms with Crippen molar-refractivity contribution in [2.24, 2.45) is 11.8 Å². The predicted octanol–water partition coefficient (Wildman–Crippen LogP) is 4.55. The molecule has 4 nitrogen and oxygen atoms in total. The normalized spacial score (nSPS) is 14.7. The Morgan fingerprint density at radius 3 is 2.23 bits per heavy atom. The highest BCUT2D eigenvalue weighted by Crippen LogP contribution is 2.30. The summed E-state index contributed by atoms with van der Waals surface area (Å²) in [5.74, 6) is 0.615. The summed E-state index contributed by atoms with van der Waals surface area (Å²) < 4.78 is 0. The fourth-order valence-electron chi connectivity index (χ4n) is 2.97. The van der Waals surface area contributed by atoms with Crippen LogP contribution in [-0.2, 0) is 4.79 Å². The van der Waals surface area contributed by atoms with Gasteiger partial charge in [0, 0.05) is 17.2 Å². The van der Waals surface area contributed by atoms with Crippen LogP contribution < -0.4 is 10.6 Å². The lowest BCUT2D eigenvalue weighted by Gasteiger charge is -2.21. The van der Waals surface area contributed by atoms with Crippen LogP contribution in [0.15, 0.2) is 54.6 Å². The van der Waals surface area contributed by atoms with E-state index >= 15 is 0 Å². The quantitative estimate of drug-likeness (QED) is 0.769. The van der Waals surface area contributed by atoms with Crippen molar-refractivity contribution in [2.75, 3.05) is 5.32 Å². The van der Waals surface area contributed by atoms with Crippen molar-refractivity contribution in [1.29, 1.82) is 0 Å². The molecule has 4 heteroatoms. The van der Waals surface area contributed by atoms with Crippen molar-refractivity contribution in [3.8, 4) is 0 Å². The Balaban J connectivity index is 1.65. The first-order valence-corrected chi connectivity index (χ1v) is 9.29. The van der Waals surface area contributed by atoms with Gasteiger partial charge in [-0.3, -0.25) is 9.59 Å². The Morgan fingerprint density at radius 1 is 1.00 bits per heavy atom. The van der Waals surface area contributed by atoms with Crippen LogP contribution in [0.25, 0.3) is 0 Å². The zero-order valence-electron chi connectivity index (χ0n) is 15.4. The van der Waals surface area contributed by atoms with Crippen LogP contribution in [0.4, 0.5) is 5.69 Å². The van der Waals surface area contributed by atoms with E-state index in [4.69, 9.17) is 0 Å². The first kappa shape index (κ1) is 18.2. The molecular weight excluding hydrogens is 324 g/mol. The zero-order valence-corrected chi connectivity index (χ0v) is 15.4. The number of benzene rings is 2. The second-order valence-corrected chi connectivity index (χ2v) is 7.41. The predicted molar refractivity (Wildman–Crippen MR) is 104 cm³/mol. The second-order valence-electron chi connectivity index (χ2n) is 7.41. The number of nitrogens with one attached hydrogen (secondary N) is 2. The SMILES string of the molecule is CC(C)CC(NC(=O)c1ccc(NC(=O)C2CC2)cc1)c1ccccc1. The Kier molecular flexibility index (Phi) is 5.71. The summed E-state index contributed by atoms with van der Waals surface area (Å²) in [4.78, 5) is 24.5. The third-order valence-corrected chi connectivity index (χ3v) is 4.58. The van der Waals surface area contributed by atoms with Crippen molar-refractivity contribution in [2.45, 2.75) is 39.2 Å². The average molecular weight is 350 g/mol. The van der Waals surface area contributed by atoms with Gasteiger partial charge in [0.2, 0.25) is 5.91 Å². The molecule has 0 aliphatic heterocycles. The lowest BCUT2D eigenvalue weighted by molar-refractivity contribution is -0.117. The molecular formula is C22H26N2O2. The first-order valence-electron chi connectivity index (χ1n) is 9.29. The fraction of sp³-hybridized carbons (Fsp3) is 0.364. The molecule has 2 aromatic rings. The third kappa shape index (κ3) is 4.94. The first-order chi connectivity index (χ1) is 12.5. The van der Waals surface area contributed by atoms with Crippen molar-refractivity contribution in [3.63, 3.8) is 0 Å². The summed E-state index contributed by atoms with van der Waals surface area (Å²) in [7, 11) is 0. The van der Waals surface area contributed by atoms with Crippen molar-refractivity contribution < 1.29 is 9.59 Å². The van der Waals surface area contributed by atoms with Crippen molar-refractivity contribution in [1.82, 2.24) is 5.32 Å². The molecule has 0 spiro atoms. The minimum atomic E-state index is -0.0976. The van der Waals surface area contributed by atoms with E-state index in [2.05, 4.69) is 24.5 Å². The van der Waals surface area contributed by atoms with Gasteiger partial charge in [-0.05, 0) is 55.0 Å². The van der Waals surface area contributed by atoms with Crippen LogP contribution in [0.5, 0.6) is 0 Å². The van der Waals surface area contributed by atoms with E-state index in [0.29, 0.717) is 11.5 Å². The van der Waals surface area contributed by atoms with Crippen LogP contribution in [0.1, 0.15) is 55.1 Å². The average Bonchev–Trinajstić information content (AvgIpc) is 3.47. The maximum atomic E-state index is 12.7. The highest BCUT2D eigenvalue weighted by molar-refractivity contribution is 5.97. The Labute approximate surface area is 155 Å². The van der Waals surface area contributed by atoms with Gasteiger partial charge >= 0.3 is 0 Å². The number of hydrogen-bond donors (Lipinski definition) is 2. The molecule has 2 N–H and O–H groups in total. The summed E-state index contributed by atoms with van der Waals surface area (Å²) in [6.45, 7) is 4.30. The van der Waals surface area contributed by atoms with E-state index in [1.54, 1.807) is 24.3 Å². The Bertz CT molecular complexity index is 749. The molecule has 2 amide bonds. The van der Waals surface area contributed by atoms with Crippen LogP contribution >= 0.6 is 0 Å². The largest absolute Gasteiger partial charge is 0.345 e. The van der Waals surface area contributed by atoms with Gasteiger partial charge in [-0.25, -0.2) is 0 Å². The molecule has 1 fully saturated rings. The molecule has 1 aliphatic carbocycles.